The molecule has 1 aromatic carbocycles. The molecule has 0 aliphatic heterocycles. The predicted octanol–water partition coefficient (Wildman–Crippen LogP) is 4.06. The lowest BCUT2D eigenvalue weighted by atomic mass is 9.81. The van der Waals surface area contributed by atoms with Crippen LogP contribution in [0.25, 0.3) is 0 Å². The first kappa shape index (κ1) is 14.9. The van der Waals surface area contributed by atoms with Crippen molar-refractivity contribution in [3.8, 4) is 5.75 Å². The van der Waals surface area contributed by atoms with Crippen molar-refractivity contribution in [1.82, 2.24) is 0 Å². The van der Waals surface area contributed by atoms with Crippen molar-refractivity contribution < 1.29 is 14.3 Å². The van der Waals surface area contributed by atoms with Crippen LogP contribution < -0.4 is 4.74 Å². The second-order valence-corrected chi connectivity index (χ2v) is 5.74. The van der Waals surface area contributed by atoms with Crippen LogP contribution in [-0.2, 0) is 9.53 Å². The number of esters is 1. The fourth-order valence-corrected chi connectivity index (χ4v) is 2.95. The molecule has 0 unspecified atom stereocenters. The molecule has 0 heterocycles. The second-order valence-electron chi connectivity index (χ2n) is 5.74. The Balaban J connectivity index is 2.25. The summed E-state index contributed by atoms with van der Waals surface area (Å²) in [4.78, 5) is 11.3. The number of benzene rings is 1. The van der Waals surface area contributed by atoms with Gasteiger partial charge in [0.05, 0.1) is 6.10 Å². The van der Waals surface area contributed by atoms with Gasteiger partial charge >= 0.3 is 5.97 Å². The van der Waals surface area contributed by atoms with Crippen LogP contribution in [0.1, 0.15) is 57.9 Å². The highest BCUT2D eigenvalue weighted by Gasteiger charge is 2.30. The Kier molecular flexibility index (Phi) is 5.05. The van der Waals surface area contributed by atoms with Gasteiger partial charge in [0, 0.05) is 18.4 Å². The zero-order chi connectivity index (χ0) is 14.5. The normalized spacial score (nSPS) is 22.6. The Morgan fingerprint density at radius 2 is 1.90 bits per heavy atom. The highest BCUT2D eigenvalue weighted by molar-refractivity contribution is 5.66. The number of carbonyl (C=O) groups is 1. The third kappa shape index (κ3) is 3.75. The minimum atomic E-state index is -0.191. The van der Waals surface area contributed by atoms with Crippen molar-refractivity contribution in [1.29, 1.82) is 0 Å². The average molecular weight is 276 g/mol. The maximum absolute atomic E-state index is 11.3. The van der Waals surface area contributed by atoms with Crippen molar-refractivity contribution >= 4 is 5.97 Å². The van der Waals surface area contributed by atoms with Crippen molar-refractivity contribution in [2.75, 3.05) is 0 Å². The molecule has 1 saturated carbocycles. The molecule has 110 valence electrons. The monoisotopic (exact) mass is 276 g/mol. The van der Waals surface area contributed by atoms with E-state index in [-0.39, 0.29) is 24.1 Å². The molecule has 0 aromatic heterocycles. The Bertz CT molecular complexity index is 453. The molecule has 2 atom stereocenters. The van der Waals surface area contributed by atoms with Gasteiger partial charge in [-0.05, 0) is 39.2 Å². The number of para-hydroxylation sites is 1. The summed E-state index contributed by atoms with van der Waals surface area (Å²) in [7, 11) is 0. The fraction of sp³-hybridized carbons (Fsp3) is 0.588. The molecule has 0 N–H and O–H groups in total. The molecule has 1 aliphatic rings. The summed E-state index contributed by atoms with van der Waals surface area (Å²) in [6, 6.07) is 8.13. The Morgan fingerprint density at radius 3 is 2.60 bits per heavy atom. The Morgan fingerprint density at radius 1 is 1.20 bits per heavy atom. The fourth-order valence-electron chi connectivity index (χ4n) is 2.95. The maximum Gasteiger partial charge on any atom is 0.302 e. The molecule has 0 amide bonds. The van der Waals surface area contributed by atoms with E-state index in [9.17, 15) is 4.79 Å². The molecule has 3 nitrogen and oxygen atoms in total. The van der Waals surface area contributed by atoms with Crippen LogP contribution in [0.3, 0.4) is 0 Å². The van der Waals surface area contributed by atoms with Gasteiger partial charge in [0.2, 0.25) is 0 Å². The van der Waals surface area contributed by atoms with Gasteiger partial charge in [-0.2, -0.15) is 0 Å². The van der Waals surface area contributed by atoms with E-state index < -0.39 is 0 Å². The van der Waals surface area contributed by atoms with Gasteiger partial charge in [0.1, 0.15) is 11.9 Å². The molecule has 1 aromatic rings. The largest absolute Gasteiger partial charge is 0.491 e. The predicted molar refractivity (Wildman–Crippen MR) is 79.0 cm³/mol. The smallest absolute Gasteiger partial charge is 0.302 e. The minimum Gasteiger partial charge on any atom is -0.491 e. The van der Waals surface area contributed by atoms with Gasteiger partial charge in [-0.1, -0.05) is 24.6 Å². The Hall–Kier alpha value is -1.51. The van der Waals surface area contributed by atoms with Gasteiger partial charge in [-0.15, -0.1) is 0 Å². The third-order valence-electron chi connectivity index (χ3n) is 3.70. The van der Waals surface area contributed by atoms with Gasteiger partial charge in [0.15, 0.2) is 0 Å². The lowest BCUT2D eigenvalue weighted by Gasteiger charge is -2.32. The van der Waals surface area contributed by atoms with E-state index in [1.807, 2.05) is 32.0 Å². The van der Waals surface area contributed by atoms with Crippen molar-refractivity contribution in [2.24, 2.45) is 0 Å². The summed E-state index contributed by atoms with van der Waals surface area (Å²) in [6.45, 7) is 5.55. The average Bonchev–Trinajstić information content (AvgIpc) is 2.39. The molecule has 2 rings (SSSR count). The molecular weight excluding hydrogens is 252 g/mol. The third-order valence-corrected chi connectivity index (χ3v) is 3.70. The van der Waals surface area contributed by atoms with Crippen LogP contribution in [0.5, 0.6) is 5.75 Å². The molecule has 3 heteroatoms. The minimum absolute atomic E-state index is 0.0156. The van der Waals surface area contributed by atoms with Crippen molar-refractivity contribution in [3.05, 3.63) is 29.8 Å². The zero-order valence-electron chi connectivity index (χ0n) is 12.6. The highest BCUT2D eigenvalue weighted by Crippen LogP contribution is 2.39. The summed E-state index contributed by atoms with van der Waals surface area (Å²) in [5.41, 5.74) is 1.17. The number of hydrogen-bond acceptors (Lipinski definition) is 3. The van der Waals surface area contributed by atoms with E-state index in [0.29, 0.717) is 0 Å². The van der Waals surface area contributed by atoms with Crippen LogP contribution in [0.4, 0.5) is 0 Å². The summed E-state index contributed by atoms with van der Waals surface area (Å²) in [6.07, 6.45) is 4.43. The molecular formula is C17H24O3. The van der Waals surface area contributed by atoms with Crippen molar-refractivity contribution in [3.63, 3.8) is 0 Å². The van der Waals surface area contributed by atoms with Gasteiger partial charge in [-0.25, -0.2) is 0 Å². The van der Waals surface area contributed by atoms with E-state index in [0.717, 1.165) is 25.0 Å². The van der Waals surface area contributed by atoms with E-state index >= 15 is 0 Å². The zero-order valence-corrected chi connectivity index (χ0v) is 12.6. The molecule has 1 aliphatic carbocycles. The van der Waals surface area contributed by atoms with Gasteiger partial charge in [0.25, 0.3) is 0 Å². The SMILES string of the molecule is CC(=O)O[C@@H]1CCCC[C@H]1c1ccccc1OC(C)C. The molecule has 1 fully saturated rings. The first-order valence-electron chi connectivity index (χ1n) is 7.50. The second kappa shape index (κ2) is 6.78. The van der Waals surface area contributed by atoms with E-state index in [1.165, 1.54) is 18.9 Å². The summed E-state index contributed by atoms with van der Waals surface area (Å²) >= 11 is 0. The quantitative estimate of drug-likeness (QED) is 0.778. The van der Waals surface area contributed by atoms with Gasteiger partial charge < -0.3 is 9.47 Å². The Labute approximate surface area is 121 Å². The summed E-state index contributed by atoms with van der Waals surface area (Å²) in [5, 5.41) is 0. The molecule has 0 radical (unpaired) electrons. The van der Waals surface area contributed by atoms with E-state index in [1.54, 1.807) is 0 Å². The highest BCUT2D eigenvalue weighted by atomic mass is 16.5. The number of carbonyl (C=O) groups excluding carboxylic acids is 1. The standard InChI is InChI=1S/C17H24O3/c1-12(2)19-16-10-6-4-8-14(16)15-9-5-7-11-17(15)20-13(3)18/h4,6,8,10,12,15,17H,5,7,9,11H2,1-3H3/t15-,17+/m0/s1. The topological polar surface area (TPSA) is 35.5 Å². The van der Waals surface area contributed by atoms with E-state index in [2.05, 4.69) is 6.07 Å². The molecule has 20 heavy (non-hydrogen) atoms. The van der Waals surface area contributed by atoms with Crippen LogP contribution in [0, 0.1) is 0 Å². The summed E-state index contributed by atoms with van der Waals surface area (Å²) < 4.78 is 11.4. The molecule has 0 spiro atoms. The van der Waals surface area contributed by atoms with Crippen molar-refractivity contribution in [2.45, 2.75) is 64.6 Å². The van der Waals surface area contributed by atoms with Crippen LogP contribution in [0.15, 0.2) is 24.3 Å². The lowest BCUT2D eigenvalue weighted by molar-refractivity contribution is -0.148. The van der Waals surface area contributed by atoms with Gasteiger partial charge in [-0.3, -0.25) is 4.79 Å². The first-order valence-corrected chi connectivity index (χ1v) is 7.50. The van der Waals surface area contributed by atoms with Crippen LogP contribution >= 0.6 is 0 Å². The number of hydrogen-bond donors (Lipinski definition) is 0. The number of rotatable bonds is 4. The lowest BCUT2D eigenvalue weighted by Crippen LogP contribution is -2.28. The van der Waals surface area contributed by atoms with E-state index in [4.69, 9.17) is 9.47 Å². The van der Waals surface area contributed by atoms with Crippen LogP contribution in [0.2, 0.25) is 0 Å². The summed E-state index contributed by atoms with van der Waals surface area (Å²) in [5.74, 6) is 0.985. The maximum atomic E-state index is 11.3. The molecule has 0 bridgehead atoms. The van der Waals surface area contributed by atoms with Crippen LogP contribution in [-0.4, -0.2) is 18.2 Å². The number of ether oxygens (including phenoxy) is 2. The molecule has 0 saturated heterocycles. The first-order chi connectivity index (χ1) is 9.58.